The Balaban J connectivity index is 1.61. The Kier molecular flexibility index (Phi) is 7.40. The molecule has 1 aromatic heterocycles. The van der Waals surface area contributed by atoms with Gasteiger partial charge in [-0.1, -0.05) is 35.3 Å². The predicted octanol–water partition coefficient (Wildman–Crippen LogP) is 5.34. The first kappa shape index (κ1) is 20.7. The minimum atomic E-state index is -0.662. The number of halogens is 2. The number of benzene rings is 2. The van der Waals surface area contributed by atoms with Gasteiger partial charge in [0.25, 0.3) is 0 Å². The summed E-state index contributed by atoms with van der Waals surface area (Å²) < 4.78 is 11.2. The van der Waals surface area contributed by atoms with Crippen LogP contribution in [0.5, 0.6) is 5.75 Å². The summed E-state index contributed by atoms with van der Waals surface area (Å²) in [5, 5.41) is 11.9. The molecule has 0 spiro atoms. The third-order valence-corrected chi connectivity index (χ3v) is 4.95. The molecule has 6 heteroatoms. The molecular weight excluding hydrogens is 397 g/mol. The minimum Gasteiger partial charge on any atom is -0.491 e. The standard InChI is InChI=1S/C22H23Cl2NO3/c1-16-10-20(7-8-22(16)24)28-15-19(26)13-25(14-21-6-3-9-27-21)12-17-4-2-5-18(23)11-17/h2-11,19,26H,12-15H2,1H3. The Morgan fingerprint density at radius 3 is 2.64 bits per heavy atom. The third kappa shape index (κ3) is 6.28. The van der Waals surface area contributed by atoms with Crippen LogP contribution >= 0.6 is 23.2 Å². The second kappa shape index (κ2) is 9.99. The molecule has 0 aliphatic carbocycles. The van der Waals surface area contributed by atoms with Crippen LogP contribution in [0, 0.1) is 6.92 Å². The molecule has 0 saturated heterocycles. The van der Waals surface area contributed by atoms with E-state index in [1.54, 1.807) is 18.4 Å². The van der Waals surface area contributed by atoms with Gasteiger partial charge in [-0.3, -0.25) is 4.90 Å². The summed E-state index contributed by atoms with van der Waals surface area (Å²) in [6.07, 6.45) is 0.986. The summed E-state index contributed by atoms with van der Waals surface area (Å²) >= 11 is 12.1. The fourth-order valence-electron chi connectivity index (χ4n) is 2.95. The zero-order valence-corrected chi connectivity index (χ0v) is 17.2. The van der Waals surface area contributed by atoms with Crippen molar-refractivity contribution in [1.29, 1.82) is 0 Å². The number of furan rings is 1. The van der Waals surface area contributed by atoms with Crippen molar-refractivity contribution in [3.8, 4) is 5.75 Å². The van der Waals surface area contributed by atoms with E-state index in [2.05, 4.69) is 4.90 Å². The maximum absolute atomic E-state index is 10.5. The van der Waals surface area contributed by atoms with Crippen molar-refractivity contribution in [3.63, 3.8) is 0 Å². The van der Waals surface area contributed by atoms with Crippen LogP contribution in [-0.4, -0.2) is 29.3 Å². The van der Waals surface area contributed by atoms with Gasteiger partial charge in [0.05, 0.1) is 12.8 Å². The maximum atomic E-state index is 10.5. The number of nitrogens with zero attached hydrogens (tertiary/aromatic N) is 1. The van der Waals surface area contributed by atoms with Gasteiger partial charge in [-0.25, -0.2) is 0 Å². The van der Waals surface area contributed by atoms with Gasteiger partial charge in [0.2, 0.25) is 0 Å². The Hall–Kier alpha value is -1.98. The molecule has 0 bridgehead atoms. The normalized spacial score (nSPS) is 12.3. The first-order chi connectivity index (χ1) is 13.5. The summed E-state index contributed by atoms with van der Waals surface area (Å²) in [4.78, 5) is 2.10. The zero-order chi connectivity index (χ0) is 19.9. The quantitative estimate of drug-likeness (QED) is 0.508. The summed E-state index contributed by atoms with van der Waals surface area (Å²) in [5.74, 6) is 1.52. The molecule has 0 amide bonds. The Morgan fingerprint density at radius 2 is 1.93 bits per heavy atom. The Morgan fingerprint density at radius 1 is 1.07 bits per heavy atom. The number of hydrogen-bond acceptors (Lipinski definition) is 4. The van der Waals surface area contributed by atoms with Gasteiger partial charge in [-0.15, -0.1) is 0 Å². The van der Waals surface area contributed by atoms with Gasteiger partial charge in [0, 0.05) is 23.1 Å². The van der Waals surface area contributed by atoms with Crippen molar-refractivity contribution in [1.82, 2.24) is 4.90 Å². The molecule has 3 aromatic rings. The van der Waals surface area contributed by atoms with Crippen LogP contribution in [0.15, 0.2) is 65.3 Å². The SMILES string of the molecule is Cc1cc(OCC(O)CN(Cc2cccc(Cl)c2)Cc2ccco2)ccc1Cl. The monoisotopic (exact) mass is 419 g/mol. The van der Waals surface area contributed by atoms with E-state index in [0.29, 0.717) is 35.4 Å². The van der Waals surface area contributed by atoms with Crippen LogP contribution in [0.4, 0.5) is 0 Å². The fourth-order valence-corrected chi connectivity index (χ4v) is 3.28. The molecule has 0 aliphatic rings. The molecule has 0 saturated carbocycles. The average Bonchev–Trinajstić information content (AvgIpc) is 3.16. The molecule has 4 nitrogen and oxygen atoms in total. The van der Waals surface area contributed by atoms with Crippen LogP contribution in [0.25, 0.3) is 0 Å². The first-order valence-electron chi connectivity index (χ1n) is 9.06. The van der Waals surface area contributed by atoms with Crippen LogP contribution in [0.2, 0.25) is 10.0 Å². The summed E-state index contributed by atoms with van der Waals surface area (Å²) in [5.41, 5.74) is 2.01. The number of aliphatic hydroxyl groups excluding tert-OH is 1. The van der Waals surface area contributed by atoms with E-state index in [9.17, 15) is 5.11 Å². The Labute approximate surface area is 175 Å². The number of aryl methyl sites for hydroxylation is 1. The van der Waals surface area contributed by atoms with E-state index in [-0.39, 0.29) is 6.61 Å². The molecule has 0 aliphatic heterocycles. The van der Waals surface area contributed by atoms with Crippen molar-refractivity contribution < 1.29 is 14.3 Å². The molecule has 3 rings (SSSR count). The summed E-state index contributed by atoms with van der Waals surface area (Å²) in [6, 6.07) is 16.9. The molecule has 0 fully saturated rings. The van der Waals surface area contributed by atoms with E-state index in [1.807, 2.05) is 49.4 Å². The molecule has 0 radical (unpaired) electrons. The number of ether oxygens (including phenoxy) is 1. The molecule has 28 heavy (non-hydrogen) atoms. The van der Waals surface area contributed by atoms with Crippen molar-refractivity contribution in [2.45, 2.75) is 26.1 Å². The topological polar surface area (TPSA) is 45.8 Å². The first-order valence-corrected chi connectivity index (χ1v) is 9.81. The number of rotatable bonds is 9. The van der Waals surface area contributed by atoms with Crippen LogP contribution in [-0.2, 0) is 13.1 Å². The third-order valence-electron chi connectivity index (χ3n) is 4.30. The lowest BCUT2D eigenvalue weighted by Crippen LogP contribution is -2.35. The number of hydrogen-bond donors (Lipinski definition) is 1. The smallest absolute Gasteiger partial charge is 0.119 e. The van der Waals surface area contributed by atoms with Crippen LogP contribution in [0.3, 0.4) is 0 Å². The summed E-state index contributed by atoms with van der Waals surface area (Å²) in [7, 11) is 0. The average molecular weight is 420 g/mol. The molecule has 2 aromatic carbocycles. The van der Waals surface area contributed by atoms with E-state index in [0.717, 1.165) is 16.9 Å². The largest absolute Gasteiger partial charge is 0.491 e. The van der Waals surface area contributed by atoms with E-state index in [1.165, 1.54) is 0 Å². The molecule has 1 N–H and O–H groups in total. The van der Waals surface area contributed by atoms with E-state index < -0.39 is 6.10 Å². The van der Waals surface area contributed by atoms with Crippen molar-refractivity contribution in [2.24, 2.45) is 0 Å². The van der Waals surface area contributed by atoms with Crippen molar-refractivity contribution in [3.05, 3.63) is 87.8 Å². The second-order valence-electron chi connectivity index (χ2n) is 6.75. The maximum Gasteiger partial charge on any atom is 0.119 e. The van der Waals surface area contributed by atoms with Gasteiger partial charge in [-0.2, -0.15) is 0 Å². The highest BCUT2D eigenvalue weighted by atomic mass is 35.5. The molecule has 1 heterocycles. The molecule has 1 atom stereocenters. The van der Waals surface area contributed by atoms with Gasteiger partial charge < -0.3 is 14.3 Å². The fraction of sp³-hybridized carbons (Fsp3) is 0.273. The lowest BCUT2D eigenvalue weighted by atomic mass is 10.2. The van der Waals surface area contributed by atoms with Gasteiger partial charge in [-0.05, 0) is 60.5 Å². The predicted molar refractivity (Wildman–Crippen MR) is 112 cm³/mol. The number of aliphatic hydroxyl groups is 1. The highest BCUT2D eigenvalue weighted by Gasteiger charge is 2.15. The van der Waals surface area contributed by atoms with Gasteiger partial charge in [0.1, 0.15) is 24.2 Å². The lowest BCUT2D eigenvalue weighted by molar-refractivity contribution is 0.0604. The van der Waals surface area contributed by atoms with E-state index >= 15 is 0 Å². The molecule has 1 unspecified atom stereocenters. The highest BCUT2D eigenvalue weighted by molar-refractivity contribution is 6.31. The van der Waals surface area contributed by atoms with Crippen molar-refractivity contribution in [2.75, 3.05) is 13.2 Å². The zero-order valence-electron chi connectivity index (χ0n) is 15.6. The lowest BCUT2D eigenvalue weighted by Gasteiger charge is -2.24. The Bertz CT molecular complexity index is 883. The van der Waals surface area contributed by atoms with Crippen molar-refractivity contribution >= 4 is 23.2 Å². The van der Waals surface area contributed by atoms with Crippen LogP contribution in [0.1, 0.15) is 16.9 Å². The van der Waals surface area contributed by atoms with Gasteiger partial charge in [0.15, 0.2) is 0 Å². The second-order valence-corrected chi connectivity index (χ2v) is 7.60. The summed E-state index contributed by atoms with van der Waals surface area (Å²) in [6.45, 7) is 3.75. The highest BCUT2D eigenvalue weighted by Crippen LogP contribution is 2.21. The minimum absolute atomic E-state index is 0.186. The molecular formula is C22H23Cl2NO3. The molecule has 148 valence electrons. The van der Waals surface area contributed by atoms with Gasteiger partial charge >= 0.3 is 0 Å². The van der Waals surface area contributed by atoms with Crippen LogP contribution < -0.4 is 4.74 Å². The van der Waals surface area contributed by atoms with E-state index in [4.69, 9.17) is 32.4 Å².